The van der Waals surface area contributed by atoms with Crippen LogP contribution in [0.15, 0.2) is 18.2 Å². The molecule has 0 aliphatic carbocycles. The molecule has 5 nitrogen and oxygen atoms in total. The van der Waals surface area contributed by atoms with Crippen molar-refractivity contribution < 1.29 is 18.7 Å². The molecule has 0 bridgehead atoms. The topological polar surface area (TPSA) is 50.8 Å². The van der Waals surface area contributed by atoms with E-state index < -0.39 is 5.82 Å². The summed E-state index contributed by atoms with van der Waals surface area (Å²) in [4.78, 5) is 13.9. The lowest BCUT2D eigenvalue weighted by atomic mass is 10.2. The van der Waals surface area contributed by atoms with Gasteiger partial charge in [-0.3, -0.25) is 0 Å². The van der Waals surface area contributed by atoms with Crippen LogP contribution in [0.25, 0.3) is 0 Å². The molecule has 1 aliphatic heterocycles. The van der Waals surface area contributed by atoms with Gasteiger partial charge in [0.2, 0.25) is 0 Å². The van der Waals surface area contributed by atoms with Gasteiger partial charge in [-0.1, -0.05) is 0 Å². The number of nitrogens with one attached hydrogen (secondary N) is 1. The number of carbonyl (C=O) groups is 1. The van der Waals surface area contributed by atoms with E-state index in [-0.39, 0.29) is 30.0 Å². The van der Waals surface area contributed by atoms with E-state index in [0.717, 1.165) is 0 Å². The van der Waals surface area contributed by atoms with E-state index in [9.17, 15) is 9.18 Å². The first kappa shape index (κ1) is 16.5. The number of amides is 2. The fourth-order valence-electron chi connectivity index (χ4n) is 2.48. The fourth-order valence-corrected chi connectivity index (χ4v) is 2.48. The average Bonchev–Trinajstić information content (AvgIpc) is 2.40. The second-order valence-corrected chi connectivity index (χ2v) is 5.90. The monoisotopic (exact) mass is 310 g/mol. The third kappa shape index (κ3) is 4.34. The Morgan fingerprint density at radius 1 is 1.36 bits per heavy atom. The summed E-state index contributed by atoms with van der Waals surface area (Å²) in [7, 11) is 0. The number of hydrogen-bond acceptors (Lipinski definition) is 3. The van der Waals surface area contributed by atoms with E-state index in [1.54, 1.807) is 11.0 Å². The number of urea groups is 1. The van der Waals surface area contributed by atoms with Gasteiger partial charge >= 0.3 is 6.03 Å². The maximum Gasteiger partial charge on any atom is 0.322 e. The molecule has 0 aromatic heterocycles. The average molecular weight is 310 g/mol. The highest BCUT2D eigenvalue weighted by molar-refractivity contribution is 5.89. The quantitative estimate of drug-likeness (QED) is 0.932. The Morgan fingerprint density at radius 3 is 2.55 bits per heavy atom. The van der Waals surface area contributed by atoms with E-state index >= 15 is 0 Å². The van der Waals surface area contributed by atoms with Crippen molar-refractivity contribution in [2.45, 2.75) is 46.0 Å². The van der Waals surface area contributed by atoms with Crippen molar-refractivity contribution >= 4 is 11.7 Å². The van der Waals surface area contributed by atoms with Crippen LogP contribution in [0.4, 0.5) is 14.9 Å². The van der Waals surface area contributed by atoms with Crippen molar-refractivity contribution in [1.29, 1.82) is 0 Å². The summed E-state index contributed by atoms with van der Waals surface area (Å²) in [6.45, 7) is 8.55. The normalized spacial score (nSPS) is 21.8. The molecule has 0 radical (unpaired) electrons. The van der Waals surface area contributed by atoms with Crippen LogP contribution < -0.4 is 10.1 Å². The van der Waals surface area contributed by atoms with Gasteiger partial charge in [-0.2, -0.15) is 0 Å². The van der Waals surface area contributed by atoms with Gasteiger partial charge in [0.1, 0.15) is 11.6 Å². The van der Waals surface area contributed by atoms with Crippen LogP contribution in [0.5, 0.6) is 5.75 Å². The van der Waals surface area contributed by atoms with Crippen molar-refractivity contribution in [3.8, 4) is 5.75 Å². The summed E-state index contributed by atoms with van der Waals surface area (Å²) in [6.07, 6.45) is -0.0847. The number of anilines is 1. The van der Waals surface area contributed by atoms with Gasteiger partial charge in [0.25, 0.3) is 0 Å². The predicted octanol–water partition coefficient (Wildman–Crippen LogP) is 3.25. The number of ether oxygens (including phenoxy) is 2. The van der Waals surface area contributed by atoms with Gasteiger partial charge in [-0.05, 0) is 39.8 Å². The Morgan fingerprint density at radius 2 is 2.00 bits per heavy atom. The Bertz CT molecular complexity index is 526. The molecule has 1 aliphatic rings. The summed E-state index contributed by atoms with van der Waals surface area (Å²) < 4.78 is 25.0. The van der Waals surface area contributed by atoms with Crippen LogP contribution in [0.1, 0.15) is 27.7 Å². The van der Waals surface area contributed by atoms with Crippen LogP contribution in [-0.2, 0) is 4.74 Å². The lowest BCUT2D eigenvalue weighted by molar-refractivity contribution is -0.0530. The summed E-state index contributed by atoms with van der Waals surface area (Å²) >= 11 is 0. The maximum absolute atomic E-state index is 14.0. The number of morpholine rings is 1. The molecule has 2 atom stereocenters. The Kier molecular flexibility index (Phi) is 5.24. The van der Waals surface area contributed by atoms with Crippen molar-refractivity contribution in [3.05, 3.63) is 24.0 Å². The number of hydrogen-bond donors (Lipinski definition) is 1. The maximum atomic E-state index is 14.0. The second-order valence-electron chi connectivity index (χ2n) is 5.90. The fraction of sp³-hybridized carbons (Fsp3) is 0.562. The Hall–Kier alpha value is -1.82. The molecule has 1 heterocycles. The number of nitrogens with zero attached hydrogens (tertiary/aromatic N) is 1. The van der Waals surface area contributed by atoms with Gasteiger partial charge in [-0.25, -0.2) is 9.18 Å². The first-order valence-corrected chi connectivity index (χ1v) is 7.52. The molecular weight excluding hydrogens is 287 g/mol. The Labute approximate surface area is 130 Å². The largest absolute Gasteiger partial charge is 0.491 e. The summed E-state index contributed by atoms with van der Waals surface area (Å²) in [5.74, 6) is -0.0695. The van der Waals surface area contributed by atoms with Crippen molar-refractivity contribution in [2.75, 3.05) is 18.4 Å². The van der Waals surface area contributed by atoms with E-state index in [0.29, 0.717) is 18.8 Å². The third-order valence-electron chi connectivity index (χ3n) is 3.26. The highest BCUT2D eigenvalue weighted by Crippen LogP contribution is 2.22. The number of benzene rings is 1. The molecule has 2 amide bonds. The van der Waals surface area contributed by atoms with Crippen LogP contribution in [0.3, 0.4) is 0 Å². The van der Waals surface area contributed by atoms with E-state index in [1.165, 1.54) is 12.1 Å². The first-order chi connectivity index (χ1) is 10.3. The van der Waals surface area contributed by atoms with E-state index in [2.05, 4.69) is 5.32 Å². The van der Waals surface area contributed by atoms with Gasteiger partial charge in [-0.15, -0.1) is 0 Å². The minimum absolute atomic E-state index is 0.0267. The van der Waals surface area contributed by atoms with Crippen LogP contribution >= 0.6 is 0 Å². The lowest BCUT2D eigenvalue weighted by Gasteiger charge is -2.35. The number of carbonyl (C=O) groups excluding carboxylic acids is 1. The summed E-state index contributed by atoms with van der Waals surface area (Å²) in [5, 5.41) is 2.60. The van der Waals surface area contributed by atoms with Crippen molar-refractivity contribution in [1.82, 2.24) is 4.90 Å². The molecule has 22 heavy (non-hydrogen) atoms. The van der Waals surface area contributed by atoms with Crippen LogP contribution in [0.2, 0.25) is 0 Å². The molecule has 1 aromatic carbocycles. The molecule has 0 saturated carbocycles. The molecule has 1 aromatic rings. The molecular formula is C16H23FN2O3. The molecule has 2 rings (SSSR count). The minimum Gasteiger partial charge on any atom is -0.491 e. The Balaban J connectivity index is 2.02. The molecule has 6 heteroatoms. The summed E-state index contributed by atoms with van der Waals surface area (Å²) in [6, 6.07) is 4.11. The number of halogens is 1. The minimum atomic E-state index is -0.513. The smallest absolute Gasteiger partial charge is 0.322 e. The standard InChI is InChI=1S/C16H23FN2O3/c1-10(2)21-13-5-6-15(14(17)7-13)18-16(20)19-8-11(3)22-12(4)9-19/h5-7,10-12H,8-9H2,1-4H3,(H,18,20)/t11-,12-/m1/s1. The zero-order valence-corrected chi connectivity index (χ0v) is 13.4. The van der Waals surface area contributed by atoms with Crippen molar-refractivity contribution in [3.63, 3.8) is 0 Å². The first-order valence-electron chi connectivity index (χ1n) is 7.52. The zero-order chi connectivity index (χ0) is 16.3. The van der Waals surface area contributed by atoms with Gasteiger partial charge in [0.15, 0.2) is 0 Å². The molecule has 1 fully saturated rings. The highest BCUT2D eigenvalue weighted by Gasteiger charge is 2.26. The van der Waals surface area contributed by atoms with Gasteiger partial charge < -0.3 is 19.7 Å². The molecule has 0 spiro atoms. The third-order valence-corrected chi connectivity index (χ3v) is 3.26. The molecule has 1 saturated heterocycles. The van der Waals surface area contributed by atoms with E-state index in [1.807, 2.05) is 27.7 Å². The highest BCUT2D eigenvalue weighted by atomic mass is 19.1. The predicted molar refractivity (Wildman–Crippen MR) is 82.8 cm³/mol. The van der Waals surface area contributed by atoms with Crippen LogP contribution in [-0.4, -0.2) is 42.3 Å². The summed E-state index contributed by atoms with van der Waals surface area (Å²) in [5.41, 5.74) is 0.146. The molecule has 0 unspecified atom stereocenters. The second kappa shape index (κ2) is 6.96. The number of rotatable bonds is 3. The van der Waals surface area contributed by atoms with Crippen LogP contribution in [0, 0.1) is 5.82 Å². The van der Waals surface area contributed by atoms with Crippen molar-refractivity contribution in [2.24, 2.45) is 0 Å². The molecule has 122 valence electrons. The molecule has 1 N–H and O–H groups in total. The lowest BCUT2D eigenvalue weighted by Crippen LogP contribution is -2.49. The SMILES string of the molecule is CC(C)Oc1ccc(NC(=O)N2C[C@@H](C)O[C@H](C)C2)c(F)c1. The zero-order valence-electron chi connectivity index (χ0n) is 13.4. The van der Waals surface area contributed by atoms with E-state index in [4.69, 9.17) is 9.47 Å². The van der Waals surface area contributed by atoms with Gasteiger partial charge in [0, 0.05) is 19.2 Å². The van der Waals surface area contributed by atoms with Gasteiger partial charge in [0.05, 0.1) is 24.0 Å².